The van der Waals surface area contributed by atoms with Gasteiger partial charge in [-0.3, -0.25) is 4.79 Å². The second-order valence-corrected chi connectivity index (χ2v) is 2.87. The lowest BCUT2D eigenvalue weighted by Gasteiger charge is -2.06. The first-order valence-corrected chi connectivity index (χ1v) is 4.09. The summed E-state index contributed by atoms with van der Waals surface area (Å²) in [5.74, 6) is -1.06. The fourth-order valence-corrected chi connectivity index (χ4v) is 0.959. The lowest BCUT2D eigenvalue weighted by molar-refractivity contribution is -0.137. The average molecular weight is 197 g/mol. The monoisotopic (exact) mass is 197 g/mol. The Hall–Kier alpha value is -1.72. The summed E-state index contributed by atoms with van der Waals surface area (Å²) in [6, 6.07) is 0.177. The molecule has 76 valence electrons. The lowest BCUT2D eigenvalue weighted by Crippen LogP contribution is -2.06. The smallest absolute Gasteiger partial charge is 0.335 e. The van der Waals surface area contributed by atoms with Gasteiger partial charge in [-0.05, 0) is 0 Å². The molecule has 6 nitrogen and oxygen atoms in total. The Morgan fingerprint density at radius 1 is 1.64 bits per heavy atom. The second kappa shape index (κ2) is 4.50. The van der Waals surface area contributed by atoms with Gasteiger partial charge in [0.1, 0.15) is 0 Å². The molecule has 1 aromatic rings. The third kappa shape index (κ3) is 2.65. The van der Waals surface area contributed by atoms with Gasteiger partial charge in [-0.1, -0.05) is 12.0 Å². The van der Waals surface area contributed by atoms with Gasteiger partial charge in [-0.15, -0.1) is 5.10 Å². The maximum absolute atomic E-state index is 10.4. The van der Waals surface area contributed by atoms with Gasteiger partial charge >= 0.3 is 12.0 Å². The fourth-order valence-electron chi connectivity index (χ4n) is 0.959. The van der Waals surface area contributed by atoms with Gasteiger partial charge in [0.25, 0.3) is 0 Å². The van der Waals surface area contributed by atoms with Gasteiger partial charge in [-0.25, -0.2) is 4.98 Å². The summed E-state index contributed by atoms with van der Waals surface area (Å²) in [6.45, 7) is 1.76. The Bertz CT molecular complexity index is 312. The lowest BCUT2D eigenvalue weighted by atomic mass is 10.1. The molecule has 0 saturated carbocycles. The van der Waals surface area contributed by atoms with Crippen LogP contribution in [0, 0.1) is 0 Å². The zero-order valence-corrected chi connectivity index (χ0v) is 7.97. The van der Waals surface area contributed by atoms with Crippen molar-refractivity contribution in [3.63, 3.8) is 0 Å². The number of hydrogen-bond acceptors (Lipinski definition) is 5. The Morgan fingerprint density at radius 3 is 2.79 bits per heavy atom. The van der Waals surface area contributed by atoms with Gasteiger partial charge in [0.15, 0.2) is 0 Å². The van der Waals surface area contributed by atoms with Crippen LogP contribution in [0.25, 0.3) is 0 Å². The number of carbonyl (C=O) groups is 1. The van der Waals surface area contributed by atoms with Crippen LogP contribution in [0.1, 0.15) is 25.0 Å². The van der Waals surface area contributed by atoms with Crippen LogP contribution in [0.4, 0.5) is 0 Å². The molecule has 0 bridgehead atoms. The standard InChI is InChI=1S/C8H11N3O3/c1-5(3-7(12)13)6-4-9-8(14-2)11-10-6/h4-5H,3H2,1-2H3,(H,12,13). The number of aliphatic carboxylic acids is 1. The SMILES string of the molecule is COc1ncc(C(C)CC(=O)O)nn1. The minimum atomic E-state index is -0.866. The van der Waals surface area contributed by atoms with E-state index < -0.39 is 5.97 Å². The van der Waals surface area contributed by atoms with Crippen molar-refractivity contribution >= 4 is 5.97 Å². The first-order valence-electron chi connectivity index (χ1n) is 4.09. The zero-order chi connectivity index (χ0) is 10.6. The molecule has 6 heteroatoms. The molecule has 0 aliphatic carbocycles. The number of carboxylic acids is 1. The topological polar surface area (TPSA) is 85.2 Å². The molecule has 0 amide bonds. The first kappa shape index (κ1) is 10.4. The van der Waals surface area contributed by atoms with E-state index in [0.717, 1.165) is 0 Å². The van der Waals surface area contributed by atoms with Gasteiger partial charge in [0.2, 0.25) is 0 Å². The molecule has 0 aliphatic heterocycles. The zero-order valence-electron chi connectivity index (χ0n) is 7.97. The van der Waals surface area contributed by atoms with Crippen molar-refractivity contribution in [1.29, 1.82) is 0 Å². The Morgan fingerprint density at radius 2 is 2.36 bits per heavy atom. The molecule has 1 aromatic heterocycles. The fraction of sp³-hybridized carbons (Fsp3) is 0.500. The van der Waals surface area contributed by atoms with Crippen molar-refractivity contribution in [2.24, 2.45) is 0 Å². The summed E-state index contributed by atoms with van der Waals surface area (Å²) in [7, 11) is 1.44. The van der Waals surface area contributed by atoms with Crippen molar-refractivity contribution in [3.8, 4) is 6.01 Å². The van der Waals surface area contributed by atoms with Crippen LogP contribution in [-0.4, -0.2) is 33.4 Å². The third-order valence-corrected chi connectivity index (χ3v) is 1.73. The van der Waals surface area contributed by atoms with Crippen molar-refractivity contribution in [1.82, 2.24) is 15.2 Å². The summed E-state index contributed by atoms with van der Waals surface area (Å²) in [5.41, 5.74) is 0.549. The molecule has 0 aliphatic rings. The number of carboxylic acid groups (broad SMARTS) is 1. The maximum atomic E-state index is 10.4. The molecule has 1 N–H and O–H groups in total. The van der Waals surface area contributed by atoms with Gasteiger partial charge in [0.05, 0.1) is 25.4 Å². The minimum absolute atomic E-state index is 0.0166. The maximum Gasteiger partial charge on any atom is 0.335 e. The largest absolute Gasteiger partial charge is 0.481 e. The van der Waals surface area contributed by atoms with Gasteiger partial charge in [0, 0.05) is 5.92 Å². The van der Waals surface area contributed by atoms with E-state index in [2.05, 4.69) is 15.2 Å². The Kier molecular flexibility index (Phi) is 3.33. The van der Waals surface area contributed by atoms with E-state index in [1.54, 1.807) is 6.92 Å². The predicted octanol–water partition coefficient (Wildman–Crippen LogP) is 0.458. The van der Waals surface area contributed by atoms with E-state index in [9.17, 15) is 4.79 Å². The summed E-state index contributed by atoms with van der Waals surface area (Å²) < 4.78 is 4.73. The number of rotatable bonds is 4. The molecule has 1 heterocycles. The van der Waals surface area contributed by atoms with E-state index in [0.29, 0.717) is 5.69 Å². The number of ether oxygens (including phenoxy) is 1. The molecule has 0 saturated heterocycles. The molecule has 0 spiro atoms. The highest BCUT2D eigenvalue weighted by molar-refractivity contribution is 5.67. The van der Waals surface area contributed by atoms with Crippen LogP contribution < -0.4 is 4.74 Å². The van der Waals surface area contributed by atoms with E-state index in [4.69, 9.17) is 9.84 Å². The Balaban J connectivity index is 2.71. The molecule has 1 unspecified atom stereocenters. The molecule has 1 atom stereocenters. The van der Waals surface area contributed by atoms with Crippen molar-refractivity contribution in [2.45, 2.75) is 19.3 Å². The van der Waals surface area contributed by atoms with Crippen LogP contribution in [-0.2, 0) is 4.79 Å². The molecule has 14 heavy (non-hydrogen) atoms. The van der Waals surface area contributed by atoms with Crippen LogP contribution >= 0.6 is 0 Å². The van der Waals surface area contributed by atoms with E-state index in [-0.39, 0.29) is 18.3 Å². The number of methoxy groups -OCH3 is 1. The highest BCUT2D eigenvalue weighted by atomic mass is 16.5. The van der Waals surface area contributed by atoms with Crippen molar-refractivity contribution in [2.75, 3.05) is 7.11 Å². The average Bonchev–Trinajstić information content (AvgIpc) is 2.17. The molecule has 0 radical (unpaired) electrons. The van der Waals surface area contributed by atoms with Gasteiger partial charge in [-0.2, -0.15) is 0 Å². The first-order chi connectivity index (χ1) is 6.63. The second-order valence-electron chi connectivity index (χ2n) is 2.87. The normalized spacial score (nSPS) is 12.1. The summed E-state index contributed by atoms with van der Waals surface area (Å²) in [4.78, 5) is 14.2. The van der Waals surface area contributed by atoms with Gasteiger partial charge < -0.3 is 9.84 Å². The minimum Gasteiger partial charge on any atom is -0.481 e. The Labute approximate surface area is 81.0 Å². The number of nitrogens with zero attached hydrogens (tertiary/aromatic N) is 3. The quantitative estimate of drug-likeness (QED) is 0.754. The van der Waals surface area contributed by atoms with Crippen LogP contribution in [0.5, 0.6) is 6.01 Å². The van der Waals surface area contributed by atoms with Crippen molar-refractivity contribution in [3.05, 3.63) is 11.9 Å². The van der Waals surface area contributed by atoms with Crippen LogP contribution in [0.2, 0.25) is 0 Å². The van der Waals surface area contributed by atoms with Crippen LogP contribution in [0.3, 0.4) is 0 Å². The summed E-state index contributed by atoms with van der Waals surface area (Å²) in [6.07, 6.45) is 1.49. The molecular weight excluding hydrogens is 186 g/mol. The highest BCUT2D eigenvalue weighted by Gasteiger charge is 2.12. The van der Waals surface area contributed by atoms with E-state index in [1.807, 2.05) is 0 Å². The number of aromatic nitrogens is 3. The number of hydrogen-bond donors (Lipinski definition) is 1. The highest BCUT2D eigenvalue weighted by Crippen LogP contribution is 2.15. The molecule has 1 rings (SSSR count). The molecule has 0 fully saturated rings. The molecular formula is C8H11N3O3. The van der Waals surface area contributed by atoms with E-state index >= 15 is 0 Å². The summed E-state index contributed by atoms with van der Waals surface area (Å²) >= 11 is 0. The predicted molar refractivity (Wildman–Crippen MR) is 47.0 cm³/mol. The van der Waals surface area contributed by atoms with Crippen molar-refractivity contribution < 1.29 is 14.6 Å². The molecule has 0 aromatic carbocycles. The van der Waals surface area contributed by atoms with Crippen LogP contribution in [0.15, 0.2) is 6.20 Å². The summed E-state index contributed by atoms with van der Waals surface area (Å²) in [5, 5.41) is 16.0. The third-order valence-electron chi connectivity index (χ3n) is 1.73. The van der Waals surface area contributed by atoms with E-state index in [1.165, 1.54) is 13.3 Å².